The summed E-state index contributed by atoms with van der Waals surface area (Å²) < 4.78 is 29.2. The van der Waals surface area contributed by atoms with E-state index in [1.54, 1.807) is 0 Å². The van der Waals surface area contributed by atoms with Gasteiger partial charge in [-0.3, -0.25) is 9.48 Å². The minimum absolute atomic E-state index is 0.0979. The van der Waals surface area contributed by atoms with Crippen molar-refractivity contribution in [3.63, 3.8) is 0 Å². The molecule has 0 aliphatic heterocycles. The standard InChI is InChI=1S/C28H45N3O6/c1-22(2)27-20-30-31(21-27)24(5)25-6-8-26(9-7-25)28(32)29-10-11-33-12-13-34-14-15-35-16-17-36-18-19-37-23(3)4/h6-9,20-24H,10-19H2,1-5H3,(H,29,32). The van der Waals surface area contributed by atoms with Crippen molar-refractivity contribution in [3.05, 3.63) is 53.3 Å². The smallest absolute Gasteiger partial charge is 0.251 e. The first-order valence-electron chi connectivity index (χ1n) is 13.2. The van der Waals surface area contributed by atoms with Crippen molar-refractivity contribution < 1.29 is 28.5 Å². The lowest BCUT2D eigenvalue weighted by Gasteiger charge is -2.13. The Morgan fingerprint density at radius 3 is 1.84 bits per heavy atom. The van der Waals surface area contributed by atoms with Gasteiger partial charge in [-0.15, -0.1) is 0 Å². The van der Waals surface area contributed by atoms with E-state index >= 15 is 0 Å². The van der Waals surface area contributed by atoms with Gasteiger partial charge in [0.15, 0.2) is 0 Å². The molecule has 0 radical (unpaired) electrons. The first-order chi connectivity index (χ1) is 17.9. The molecule has 0 aliphatic carbocycles. The maximum Gasteiger partial charge on any atom is 0.251 e. The predicted octanol–water partition coefficient (Wildman–Crippen LogP) is 3.84. The van der Waals surface area contributed by atoms with E-state index in [1.165, 1.54) is 5.56 Å². The number of benzene rings is 1. The van der Waals surface area contributed by atoms with E-state index in [2.05, 4.69) is 37.4 Å². The van der Waals surface area contributed by atoms with E-state index in [0.717, 1.165) is 5.56 Å². The van der Waals surface area contributed by atoms with Gasteiger partial charge in [0.25, 0.3) is 5.91 Å². The molecule has 0 bridgehead atoms. The number of aromatic nitrogens is 2. The Balaban J connectivity index is 1.47. The molecule has 0 saturated heterocycles. The van der Waals surface area contributed by atoms with E-state index < -0.39 is 0 Å². The van der Waals surface area contributed by atoms with Gasteiger partial charge in [-0.05, 0) is 49.9 Å². The molecule has 0 saturated carbocycles. The number of hydrogen-bond acceptors (Lipinski definition) is 7. The third kappa shape index (κ3) is 12.7. The summed E-state index contributed by atoms with van der Waals surface area (Å²) in [6, 6.07) is 7.74. The van der Waals surface area contributed by atoms with E-state index in [4.69, 9.17) is 23.7 Å². The highest BCUT2D eigenvalue weighted by Gasteiger charge is 2.12. The zero-order valence-electron chi connectivity index (χ0n) is 23.1. The molecule has 0 spiro atoms. The molecule has 1 amide bonds. The molecule has 37 heavy (non-hydrogen) atoms. The molecule has 2 rings (SSSR count). The van der Waals surface area contributed by atoms with Gasteiger partial charge in [0.1, 0.15) is 0 Å². The molecular formula is C28H45N3O6. The minimum Gasteiger partial charge on any atom is -0.377 e. The second-order valence-corrected chi connectivity index (χ2v) is 9.33. The molecule has 9 nitrogen and oxygen atoms in total. The molecule has 1 aromatic carbocycles. The lowest BCUT2D eigenvalue weighted by molar-refractivity contribution is -0.0173. The molecule has 1 N–H and O–H groups in total. The van der Waals surface area contributed by atoms with Gasteiger partial charge in [0, 0.05) is 18.3 Å². The van der Waals surface area contributed by atoms with Crippen molar-refractivity contribution >= 4 is 5.91 Å². The molecule has 208 valence electrons. The first-order valence-corrected chi connectivity index (χ1v) is 13.2. The van der Waals surface area contributed by atoms with Crippen molar-refractivity contribution in [1.82, 2.24) is 15.1 Å². The molecule has 9 heteroatoms. The van der Waals surface area contributed by atoms with Crippen LogP contribution < -0.4 is 5.32 Å². The number of amides is 1. The molecule has 0 aliphatic rings. The van der Waals surface area contributed by atoms with Crippen LogP contribution in [0.15, 0.2) is 36.7 Å². The van der Waals surface area contributed by atoms with Crippen LogP contribution in [0.4, 0.5) is 0 Å². The maximum absolute atomic E-state index is 12.4. The number of carbonyl (C=O) groups excluding carboxylic acids is 1. The summed E-state index contributed by atoms with van der Waals surface area (Å²) in [5.74, 6) is 0.327. The summed E-state index contributed by atoms with van der Waals surface area (Å²) in [4.78, 5) is 12.4. The maximum atomic E-state index is 12.4. The highest BCUT2D eigenvalue weighted by molar-refractivity contribution is 5.94. The summed E-state index contributed by atoms with van der Waals surface area (Å²) in [5, 5.41) is 7.36. The molecule has 0 fully saturated rings. The highest BCUT2D eigenvalue weighted by Crippen LogP contribution is 2.20. The zero-order chi connectivity index (χ0) is 26.9. The van der Waals surface area contributed by atoms with E-state index in [-0.39, 0.29) is 18.1 Å². The van der Waals surface area contributed by atoms with E-state index in [0.29, 0.717) is 77.5 Å². The molecule has 1 atom stereocenters. The summed E-state index contributed by atoms with van der Waals surface area (Å²) in [5.41, 5.74) is 2.94. The predicted molar refractivity (Wildman–Crippen MR) is 143 cm³/mol. The summed E-state index contributed by atoms with van der Waals surface area (Å²) in [6.45, 7) is 15.5. The van der Waals surface area contributed by atoms with Gasteiger partial charge >= 0.3 is 0 Å². The molecule has 2 aromatic rings. The van der Waals surface area contributed by atoms with E-state index in [1.807, 2.05) is 49.0 Å². The summed E-state index contributed by atoms with van der Waals surface area (Å²) >= 11 is 0. The third-order valence-electron chi connectivity index (χ3n) is 5.67. The average molecular weight is 520 g/mol. The van der Waals surface area contributed by atoms with E-state index in [9.17, 15) is 4.79 Å². The summed E-state index contributed by atoms with van der Waals surface area (Å²) in [7, 11) is 0. The Hall–Kier alpha value is -2.30. The lowest BCUT2D eigenvalue weighted by Crippen LogP contribution is -2.27. The van der Waals surface area contributed by atoms with Crippen LogP contribution in [0.3, 0.4) is 0 Å². The zero-order valence-corrected chi connectivity index (χ0v) is 23.1. The minimum atomic E-state index is -0.117. The van der Waals surface area contributed by atoms with Crippen molar-refractivity contribution in [3.8, 4) is 0 Å². The third-order valence-corrected chi connectivity index (χ3v) is 5.67. The number of hydrogen-bond donors (Lipinski definition) is 1. The topological polar surface area (TPSA) is 93.1 Å². The van der Waals surface area contributed by atoms with Crippen LogP contribution in [-0.4, -0.2) is 87.8 Å². The molecular weight excluding hydrogens is 474 g/mol. The summed E-state index contributed by atoms with van der Waals surface area (Å²) in [6.07, 6.45) is 4.22. The Morgan fingerprint density at radius 1 is 0.784 bits per heavy atom. The lowest BCUT2D eigenvalue weighted by atomic mass is 10.1. The van der Waals surface area contributed by atoms with Gasteiger partial charge in [0.05, 0.1) is 77.8 Å². The normalized spacial score (nSPS) is 12.4. The number of nitrogens with zero attached hydrogens (tertiary/aromatic N) is 2. The number of ether oxygens (including phenoxy) is 5. The fraction of sp³-hybridized carbons (Fsp3) is 0.643. The number of carbonyl (C=O) groups is 1. The van der Waals surface area contributed by atoms with Gasteiger partial charge in [0.2, 0.25) is 0 Å². The second-order valence-electron chi connectivity index (χ2n) is 9.33. The van der Waals surface area contributed by atoms with Crippen LogP contribution in [0, 0.1) is 0 Å². The monoisotopic (exact) mass is 519 g/mol. The number of rotatable bonds is 20. The second kappa shape index (κ2) is 18.0. The largest absolute Gasteiger partial charge is 0.377 e. The van der Waals surface area contributed by atoms with Gasteiger partial charge in [-0.25, -0.2) is 0 Å². The van der Waals surface area contributed by atoms with Crippen molar-refractivity contribution in [2.75, 3.05) is 66.0 Å². The van der Waals surface area contributed by atoms with Crippen LogP contribution in [0.25, 0.3) is 0 Å². The van der Waals surface area contributed by atoms with Crippen LogP contribution in [-0.2, 0) is 23.7 Å². The van der Waals surface area contributed by atoms with Crippen LogP contribution in [0.1, 0.15) is 68.1 Å². The van der Waals surface area contributed by atoms with Crippen molar-refractivity contribution in [2.24, 2.45) is 0 Å². The Labute approximate surface area is 221 Å². The van der Waals surface area contributed by atoms with Gasteiger partial charge in [-0.2, -0.15) is 5.10 Å². The molecule has 1 heterocycles. The average Bonchev–Trinajstić information content (AvgIpc) is 3.38. The quantitative estimate of drug-likeness (QED) is 0.266. The SMILES string of the molecule is CC(C)OCCOCCOCCOCCOCCNC(=O)c1ccc(C(C)n2cc(C(C)C)cn2)cc1. The van der Waals surface area contributed by atoms with Crippen molar-refractivity contribution in [1.29, 1.82) is 0 Å². The van der Waals surface area contributed by atoms with Gasteiger partial charge < -0.3 is 29.0 Å². The Bertz CT molecular complexity index is 869. The highest BCUT2D eigenvalue weighted by atomic mass is 16.6. The fourth-order valence-corrected chi connectivity index (χ4v) is 3.37. The first kappa shape index (κ1) is 30.9. The van der Waals surface area contributed by atoms with Crippen LogP contribution in [0.5, 0.6) is 0 Å². The van der Waals surface area contributed by atoms with Gasteiger partial charge in [-0.1, -0.05) is 26.0 Å². The Kier molecular flexibility index (Phi) is 15.1. The Morgan fingerprint density at radius 2 is 1.32 bits per heavy atom. The van der Waals surface area contributed by atoms with Crippen molar-refractivity contribution in [2.45, 2.75) is 52.7 Å². The molecule has 1 aromatic heterocycles. The fourth-order valence-electron chi connectivity index (χ4n) is 3.37. The molecule has 1 unspecified atom stereocenters. The number of nitrogens with one attached hydrogen (secondary N) is 1. The van der Waals surface area contributed by atoms with Crippen LogP contribution >= 0.6 is 0 Å². The van der Waals surface area contributed by atoms with Crippen LogP contribution in [0.2, 0.25) is 0 Å².